The van der Waals surface area contributed by atoms with E-state index in [-0.39, 0.29) is 12.3 Å². The highest BCUT2D eigenvalue weighted by atomic mass is 19.1. The first kappa shape index (κ1) is 17.2. The van der Waals surface area contributed by atoms with E-state index in [1.165, 1.54) is 0 Å². The number of nitrogens with two attached hydrogens (primary N) is 1. The first-order chi connectivity index (χ1) is 13.0. The van der Waals surface area contributed by atoms with Crippen molar-refractivity contribution in [2.75, 3.05) is 18.2 Å². The van der Waals surface area contributed by atoms with E-state index in [9.17, 15) is 9.18 Å². The average molecular weight is 366 g/mol. The van der Waals surface area contributed by atoms with Crippen molar-refractivity contribution in [2.24, 2.45) is 5.92 Å². The summed E-state index contributed by atoms with van der Waals surface area (Å²) in [5.41, 5.74) is 9.44. The van der Waals surface area contributed by atoms with Crippen LogP contribution in [0.1, 0.15) is 12.1 Å². The number of ether oxygens (including phenoxy) is 1. The summed E-state index contributed by atoms with van der Waals surface area (Å²) < 4.78 is 18.2. The lowest BCUT2D eigenvalue weighted by atomic mass is 10.00. The van der Waals surface area contributed by atoms with Gasteiger partial charge < -0.3 is 15.8 Å². The second-order valence-corrected chi connectivity index (χ2v) is 6.69. The number of methoxy groups -OCH3 is 1. The number of rotatable bonds is 4. The Hall–Kier alpha value is -3.22. The van der Waals surface area contributed by atoms with Crippen molar-refractivity contribution in [3.05, 3.63) is 42.2 Å². The highest BCUT2D eigenvalue weighted by molar-refractivity contribution is 6.00. The highest BCUT2D eigenvalue weighted by Gasteiger charge is 2.43. The molecule has 4 rings (SSSR count). The fourth-order valence-electron chi connectivity index (χ4n) is 3.12. The van der Waals surface area contributed by atoms with Gasteiger partial charge in [0.2, 0.25) is 11.8 Å². The lowest BCUT2D eigenvalue weighted by Gasteiger charge is -2.11. The van der Waals surface area contributed by atoms with Crippen LogP contribution in [0.5, 0.6) is 5.88 Å². The van der Waals surface area contributed by atoms with Gasteiger partial charge in [0.05, 0.1) is 13.0 Å². The number of nitrogen functional groups attached to an aromatic ring is 1. The maximum atomic E-state index is 13.1. The summed E-state index contributed by atoms with van der Waals surface area (Å²) >= 11 is 0. The van der Waals surface area contributed by atoms with Crippen molar-refractivity contribution < 1.29 is 13.9 Å². The molecule has 0 radical (unpaired) electrons. The summed E-state index contributed by atoms with van der Waals surface area (Å²) in [5, 5.41) is 4.29. The average Bonchev–Trinajstić information content (AvgIpc) is 3.38. The molecule has 1 aromatic carbocycles. The van der Waals surface area contributed by atoms with Gasteiger partial charge in [-0.15, -0.1) is 0 Å². The van der Waals surface area contributed by atoms with E-state index in [1.807, 2.05) is 25.1 Å². The third kappa shape index (κ3) is 3.28. The van der Waals surface area contributed by atoms with Gasteiger partial charge in [-0.05, 0) is 48.6 Å². The summed E-state index contributed by atoms with van der Waals surface area (Å²) in [5.74, 6) is 0.0266. The number of alkyl halides is 1. The number of aromatic nitrogens is 2. The van der Waals surface area contributed by atoms with Crippen LogP contribution in [0, 0.1) is 12.8 Å². The minimum absolute atomic E-state index is 0.278. The molecule has 6 nitrogen and oxygen atoms in total. The van der Waals surface area contributed by atoms with Crippen LogP contribution in [-0.4, -0.2) is 29.2 Å². The first-order valence-corrected chi connectivity index (χ1v) is 8.62. The third-order valence-corrected chi connectivity index (χ3v) is 4.75. The second kappa shape index (κ2) is 6.50. The van der Waals surface area contributed by atoms with Crippen LogP contribution in [0.25, 0.3) is 21.9 Å². The molecule has 2 aromatic heterocycles. The number of pyridine rings is 2. The zero-order valence-electron chi connectivity index (χ0n) is 15.0. The van der Waals surface area contributed by atoms with Crippen molar-refractivity contribution in [3.8, 4) is 17.0 Å². The molecule has 2 heterocycles. The van der Waals surface area contributed by atoms with Crippen LogP contribution < -0.4 is 15.8 Å². The van der Waals surface area contributed by atoms with E-state index in [0.717, 1.165) is 27.6 Å². The molecule has 1 fully saturated rings. The molecule has 2 atom stereocenters. The zero-order chi connectivity index (χ0) is 19.1. The van der Waals surface area contributed by atoms with Crippen LogP contribution in [0.2, 0.25) is 0 Å². The summed E-state index contributed by atoms with van der Waals surface area (Å²) in [6.07, 6.45) is 0.849. The maximum Gasteiger partial charge on any atom is 0.231 e. The van der Waals surface area contributed by atoms with Crippen molar-refractivity contribution in [2.45, 2.75) is 19.5 Å². The van der Waals surface area contributed by atoms with E-state index in [4.69, 9.17) is 10.5 Å². The number of fused-ring (bicyclic) bond motifs is 1. The molecule has 138 valence electrons. The number of nitrogens with one attached hydrogen (secondary N) is 1. The topological polar surface area (TPSA) is 90.1 Å². The number of carbonyl (C=O) groups excluding carboxylic acids is 1. The highest BCUT2D eigenvalue weighted by Crippen LogP contribution is 2.35. The van der Waals surface area contributed by atoms with Crippen molar-refractivity contribution in [1.29, 1.82) is 0 Å². The zero-order valence-corrected chi connectivity index (χ0v) is 15.0. The molecular weight excluding hydrogens is 347 g/mol. The Morgan fingerprint density at radius 3 is 2.78 bits per heavy atom. The lowest BCUT2D eigenvalue weighted by Crippen LogP contribution is -2.15. The molecule has 0 bridgehead atoms. The Morgan fingerprint density at radius 2 is 2.11 bits per heavy atom. The molecule has 3 aromatic rings. The Balaban J connectivity index is 1.71. The largest absolute Gasteiger partial charge is 0.481 e. The molecule has 0 spiro atoms. The smallest absolute Gasteiger partial charge is 0.231 e. The second-order valence-electron chi connectivity index (χ2n) is 6.69. The molecule has 1 aliphatic rings. The standard InChI is InChI=1S/C20H19FN4O2/c1-10-13(3-4-19(24-10)27-2)11-5-12-7-18(23-9-15(12)17(22)6-11)25-20(26)14-8-16(14)21/h3-7,9,14,16H,8,22H2,1-2H3,(H,23,25,26)/t14-,16+/m0/s1. The Morgan fingerprint density at radius 1 is 1.33 bits per heavy atom. The quantitative estimate of drug-likeness (QED) is 0.690. The molecule has 0 aliphatic heterocycles. The van der Waals surface area contributed by atoms with Gasteiger partial charge in [0.15, 0.2) is 0 Å². The van der Waals surface area contributed by atoms with Crippen LogP contribution in [0.3, 0.4) is 0 Å². The fraction of sp³-hybridized carbons (Fsp3) is 0.250. The van der Waals surface area contributed by atoms with Gasteiger partial charge in [-0.3, -0.25) is 4.79 Å². The van der Waals surface area contributed by atoms with E-state index in [2.05, 4.69) is 15.3 Å². The number of halogens is 1. The normalized spacial score (nSPS) is 18.3. The molecule has 1 amide bonds. The van der Waals surface area contributed by atoms with E-state index in [0.29, 0.717) is 17.4 Å². The monoisotopic (exact) mass is 366 g/mol. The molecule has 0 saturated heterocycles. The summed E-state index contributed by atoms with van der Waals surface area (Å²) in [7, 11) is 1.57. The number of aryl methyl sites for hydroxylation is 1. The predicted molar refractivity (Wildman–Crippen MR) is 102 cm³/mol. The number of nitrogens with zero attached hydrogens (tertiary/aromatic N) is 2. The van der Waals surface area contributed by atoms with Crippen molar-refractivity contribution in [3.63, 3.8) is 0 Å². The van der Waals surface area contributed by atoms with E-state index < -0.39 is 12.1 Å². The van der Waals surface area contributed by atoms with Gasteiger partial charge in [0.1, 0.15) is 12.0 Å². The number of benzene rings is 1. The molecule has 7 heteroatoms. The SMILES string of the molecule is COc1ccc(-c2cc(N)c3cnc(NC(=O)[C@H]4C[C@H]4F)cc3c2)c(C)n1. The first-order valence-electron chi connectivity index (χ1n) is 8.62. The van der Waals surface area contributed by atoms with E-state index in [1.54, 1.807) is 25.4 Å². The number of amides is 1. The minimum atomic E-state index is -1.04. The number of carbonyl (C=O) groups is 1. The van der Waals surface area contributed by atoms with Gasteiger partial charge in [0, 0.05) is 34.6 Å². The number of hydrogen-bond acceptors (Lipinski definition) is 5. The molecule has 1 saturated carbocycles. The molecular formula is C20H19FN4O2. The summed E-state index contributed by atoms with van der Waals surface area (Å²) in [6.45, 7) is 1.90. The van der Waals surface area contributed by atoms with Gasteiger partial charge >= 0.3 is 0 Å². The summed E-state index contributed by atoms with van der Waals surface area (Å²) in [6, 6.07) is 9.31. The fourth-order valence-corrected chi connectivity index (χ4v) is 3.12. The van der Waals surface area contributed by atoms with Crippen LogP contribution in [-0.2, 0) is 4.79 Å². The van der Waals surface area contributed by atoms with Crippen molar-refractivity contribution in [1.82, 2.24) is 9.97 Å². The predicted octanol–water partition coefficient (Wildman–Crippen LogP) is 3.49. The third-order valence-electron chi connectivity index (χ3n) is 4.75. The minimum Gasteiger partial charge on any atom is -0.481 e. The van der Waals surface area contributed by atoms with Crippen LogP contribution in [0.15, 0.2) is 36.5 Å². The van der Waals surface area contributed by atoms with Crippen LogP contribution in [0.4, 0.5) is 15.9 Å². The molecule has 3 N–H and O–H groups in total. The number of hydrogen-bond donors (Lipinski definition) is 2. The Bertz CT molecular complexity index is 1050. The molecule has 0 unspecified atom stereocenters. The van der Waals surface area contributed by atoms with Gasteiger partial charge in [0.25, 0.3) is 0 Å². The van der Waals surface area contributed by atoms with Gasteiger partial charge in [-0.2, -0.15) is 0 Å². The maximum absolute atomic E-state index is 13.1. The van der Waals surface area contributed by atoms with Gasteiger partial charge in [-0.1, -0.05) is 0 Å². The lowest BCUT2D eigenvalue weighted by molar-refractivity contribution is -0.117. The van der Waals surface area contributed by atoms with E-state index >= 15 is 0 Å². The Labute approximate surface area is 155 Å². The molecule has 1 aliphatic carbocycles. The van der Waals surface area contributed by atoms with Crippen molar-refractivity contribution >= 4 is 28.2 Å². The molecule has 27 heavy (non-hydrogen) atoms. The van der Waals surface area contributed by atoms with Crippen LogP contribution >= 0.6 is 0 Å². The number of anilines is 2. The summed E-state index contributed by atoms with van der Waals surface area (Å²) in [4.78, 5) is 20.6. The van der Waals surface area contributed by atoms with Gasteiger partial charge in [-0.25, -0.2) is 14.4 Å². The Kier molecular flexibility index (Phi) is 4.14.